The molecule has 0 amide bonds. The van der Waals surface area contributed by atoms with Crippen molar-refractivity contribution in [2.45, 2.75) is 13.8 Å². The van der Waals surface area contributed by atoms with Gasteiger partial charge in [-0.25, -0.2) is 0 Å². The third-order valence-corrected chi connectivity index (χ3v) is 4.26. The minimum absolute atomic E-state index is 0.104. The van der Waals surface area contributed by atoms with Gasteiger partial charge in [-0.05, 0) is 51.8 Å². The van der Waals surface area contributed by atoms with E-state index in [-0.39, 0.29) is 5.96 Å². The van der Waals surface area contributed by atoms with Gasteiger partial charge in [0.1, 0.15) is 0 Å². The molecular weight excluding hydrogens is 392 g/mol. The number of rotatable bonds is 6. The fraction of sp³-hybridized carbons (Fsp3) is 0.333. The van der Waals surface area contributed by atoms with Crippen LogP contribution in [0.2, 0.25) is 0 Å². The number of nitrogens with two attached hydrogens (primary N) is 2. The molecule has 0 aromatic heterocycles. The van der Waals surface area contributed by atoms with Crippen molar-refractivity contribution < 1.29 is 9.47 Å². The van der Waals surface area contributed by atoms with E-state index in [1.54, 1.807) is 6.07 Å². The van der Waals surface area contributed by atoms with E-state index in [2.05, 4.69) is 42.1 Å². The predicted octanol–water partition coefficient (Wildman–Crippen LogP) is 2.62. The van der Waals surface area contributed by atoms with E-state index in [1.165, 1.54) is 6.21 Å². The highest BCUT2D eigenvalue weighted by Gasteiger charge is 2.16. The Kier molecular flexibility index (Phi) is 6.80. The topological polar surface area (TPSA) is 95.2 Å². The SMILES string of the molecule is CCOc1cc(C=NN=C(N)N)c(Br)c(Br)c1OCC. The number of halogens is 2. The molecule has 8 heteroatoms. The number of ether oxygens (including phenoxy) is 2. The second-order valence-electron chi connectivity index (χ2n) is 3.56. The van der Waals surface area contributed by atoms with Gasteiger partial charge in [-0.2, -0.15) is 5.10 Å². The smallest absolute Gasteiger partial charge is 0.211 e. The highest BCUT2D eigenvalue weighted by Crippen LogP contribution is 2.42. The van der Waals surface area contributed by atoms with Gasteiger partial charge in [0.2, 0.25) is 5.96 Å². The van der Waals surface area contributed by atoms with Crippen LogP contribution in [0.15, 0.2) is 25.2 Å². The average Bonchev–Trinajstić information content (AvgIpc) is 2.39. The highest BCUT2D eigenvalue weighted by atomic mass is 79.9. The Labute approximate surface area is 134 Å². The van der Waals surface area contributed by atoms with E-state index in [9.17, 15) is 0 Å². The zero-order valence-corrected chi connectivity index (χ0v) is 14.4. The molecule has 0 aliphatic heterocycles. The second-order valence-corrected chi connectivity index (χ2v) is 5.14. The van der Waals surface area contributed by atoms with E-state index in [0.717, 1.165) is 14.5 Å². The van der Waals surface area contributed by atoms with Crippen LogP contribution in [-0.2, 0) is 0 Å². The first kappa shape index (κ1) is 16.8. The van der Waals surface area contributed by atoms with Crippen LogP contribution in [0.4, 0.5) is 0 Å². The van der Waals surface area contributed by atoms with Gasteiger partial charge < -0.3 is 20.9 Å². The molecule has 6 nitrogen and oxygen atoms in total. The van der Waals surface area contributed by atoms with Gasteiger partial charge in [-0.3, -0.25) is 0 Å². The molecule has 0 heterocycles. The number of hydrogen-bond acceptors (Lipinski definition) is 4. The monoisotopic (exact) mass is 406 g/mol. The first-order valence-corrected chi connectivity index (χ1v) is 7.49. The molecule has 1 aromatic carbocycles. The van der Waals surface area contributed by atoms with Gasteiger partial charge in [0.25, 0.3) is 0 Å². The summed E-state index contributed by atoms with van der Waals surface area (Å²) >= 11 is 6.94. The van der Waals surface area contributed by atoms with E-state index in [4.69, 9.17) is 20.9 Å². The summed E-state index contributed by atoms with van der Waals surface area (Å²) in [6, 6.07) is 1.80. The lowest BCUT2D eigenvalue weighted by atomic mass is 10.2. The zero-order valence-electron chi connectivity index (χ0n) is 11.2. The summed E-state index contributed by atoms with van der Waals surface area (Å²) in [6.45, 7) is 4.87. The van der Waals surface area contributed by atoms with E-state index in [0.29, 0.717) is 24.7 Å². The molecule has 0 aliphatic rings. The summed E-state index contributed by atoms with van der Waals surface area (Å²) < 4.78 is 12.7. The Morgan fingerprint density at radius 2 is 1.85 bits per heavy atom. The second kappa shape index (κ2) is 8.11. The molecule has 4 N–H and O–H groups in total. The zero-order chi connectivity index (χ0) is 15.1. The fourth-order valence-corrected chi connectivity index (χ4v) is 2.33. The summed E-state index contributed by atoms with van der Waals surface area (Å²) in [4.78, 5) is 0. The molecule has 0 unspecified atom stereocenters. The van der Waals surface area contributed by atoms with Crippen LogP contribution >= 0.6 is 31.9 Å². The van der Waals surface area contributed by atoms with Crippen molar-refractivity contribution in [3.63, 3.8) is 0 Å². The number of nitrogens with zero attached hydrogens (tertiary/aromatic N) is 2. The number of benzene rings is 1. The van der Waals surface area contributed by atoms with Crippen LogP contribution in [-0.4, -0.2) is 25.4 Å². The van der Waals surface area contributed by atoms with Gasteiger partial charge in [-0.15, -0.1) is 5.10 Å². The summed E-state index contributed by atoms with van der Waals surface area (Å²) in [6.07, 6.45) is 1.52. The number of hydrogen-bond donors (Lipinski definition) is 2. The average molecular weight is 408 g/mol. The van der Waals surface area contributed by atoms with E-state index in [1.807, 2.05) is 13.8 Å². The summed E-state index contributed by atoms with van der Waals surface area (Å²) in [5.74, 6) is 1.16. The standard InChI is InChI=1S/C12H16Br2N4O2/c1-3-19-8-5-7(6-17-18-12(15)16)9(13)10(14)11(8)20-4-2/h5-6H,3-4H2,1-2H3,(H4,15,16,18). The van der Waals surface area contributed by atoms with Crippen molar-refractivity contribution in [2.24, 2.45) is 21.7 Å². The predicted molar refractivity (Wildman–Crippen MR) is 87.6 cm³/mol. The van der Waals surface area contributed by atoms with Crippen molar-refractivity contribution in [3.05, 3.63) is 20.6 Å². The molecule has 0 saturated carbocycles. The maximum Gasteiger partial charge on any atom is 0.211 e. The molecule has 0 bridgehead atoms. The molecule has 0 spiro atoms. The van der Waals surface area contributed by atoms with Crippen molar-refractivity contribution in [1.82, 2.24) is 0 Å². The molecule has 0 fully saturated rings. The quantitative estimate of drug-likeness (QED) is 0.430. The van der Waals surface area contributed by atoms with Gasteiger partial charge >= 0.3 is 0 Å². The number of guanidine groups is 1. The van der Waals surface area contributed by atoms with E-state index < -0.39 is 0 Å². The van der Waals surface area contributed by atoms with Crippen LogP contribution < -0.4 is 20.9 Å². The Balaban J connectivity index is 3.26. The lowest BCUT2D eigenvalue weighted by Gasteiger charge is -2.15. The molecule has 1 rings (SSSR count). The molecule has 0 radical (unpaired) electrons. The first-order chi connectivity index (χ1) is 9.51. The Bertz CT molecular complexity index is 529. The minimum Gasteiger partial charge on any atom is -0.490 e. The summed E-state index contributed by atoms with van der Waals surface area (Å²) in [5, 5.41) is 7.34. The Morgan fingerprint density at radius 3 is 2.40 bits per heavy atom. The van der Waals surface area contributed by atoms with Gasteiger partial charge in [0.15, 0.2) is 11.5 Å². The highest BCUT2D eigenvalue weighted by molar-refractivity contribution is 9.13. The van der Waals surface area contributed by atoms with Crippen LogP contribution in [0.5, 0.6) is 11.5 Å². The largest absolute Gasteiger partial charge is 0.490 e. The van der Waals surface area contributed by atoms with Crippen molar-refractivity contribution in [1.29, 1.82) is 0 Å². The van der Waals surface area contributed by atoms with Crippen molar-refractivity contribution >= 4 is 44.0 Å². The molecule has 110 valence electrons. The minimum atomic E-state index is -0.104. The van der Waals surface area contributed by atoms with Crippen LogP contribution in [0.3, 0.4) is 0 Å². The lowest BCUT2D eigenvalue weighted by molar-refractivity contribution is 0.286. The van der Waals surface area contributed by atoms with Crippen LogP contribution in [0, 0.1) is 0 Å². The maximum absolute atomic E-state index is 5.58. The molecule has 1 aromatic rings. The van der Waals surface area contributed by atoms with Gasteiger partial charge in [0, 0.05) is 10.0 Å². The van der Waals surface area contributed by atoms with Crippen LogP contribution in [0.25, 0.3) is 0 Å². The fourth-order valence-electron chi connectivity index (χ4n) is 1.40. The Hall–Kier alpha value is -1.28. The van der Waals surface area contributed by atoms with Crippen molar-refractivity contribution in [2.75, 3.05) is 13.2 Å². The molecule has 0 saturated heterocycles. The first-order valence-electron chi connectivity index (χ1n) is 5.90. The molecule has 0 aliphatic carbocycles. The van der Waals surface area contributed by atoms with Crippen LogP contribution in [0.1, 0.15) is 19.4 Å². The van der Waals surface area contributed by atoms with Gasteiger partial charge in [-0.1, -0.05) is 0 Å². The maximum atomic E-state index is 5.58. The van der Waals surface area contributed by atoms with Gasteiger partial charge in [0.05, 0.1) is 23.9 Å². The summed E-state index contributed by atoms with van der Waals surface area (Å²) in [7, 11) is 0. The lowest BCUT2D eigenvalue weighted by Crippen LogP contribution is -2.21. The van der Waals surface area contributed by atoms with Crippen molar-refractivity contribution in [3.8, 4) is 11.5 Å². The molecule has 20 heavy (non-hydrogen) atoms. The normalized spacial score (nSPS) is 10.6. The third-order valence-electron chi connectivity index (χ3n) is 2.11. The van der Waals surface area contributed by atoms with E-state index >= 15 is 0 Å². The third kappa shape index (κ3) is 4.38. The molecule has 0 atom stereocenters. The Morgan fingerprint density at radius 1 is 1.20 bits per heavy atom. The summed E-state index contributed by atoms with van der Waals surface area (Å²) in [5.41, 5.74) is 11.2. The molecular formula is C12H16Br2N4O2.